The topological polar surface area (TPSA) is 104 Å². The lowest BCUT2D eigenvalue weighted by Crippen LogP contribution is -2.13. The number of rotatable bonds is 7. The minimum atomic E-state index is -3.62. The summed E-state index contributed by atoms with van der Waals surface area (Å²) >= 11 is 0. The van der Waals surface area contributed by atoms with Crippen LogP contribution in [-0.4, -0.2) is 41.2 Å². The van der Waals surface area contributed by atoms with Crippen LogP contribution in [0.15, 0.2) is 23.1 Å². The van der Waals surface area contributed by atoms with Gasteiger partial charge in [0, 0.05) is 12.3 Å². The molecule has 0 saturated carbocycles. The fourth-order valence-electron chi connectivity index (χ4n) is 1.66. The lowest BCUT2D eigenvalue weighted by Gasteiger charge is -2.10. The second kappa shape index (κ2) is 6.45. The van der Waals surface area contributed by atoms with E-state index in [1.165, 1.54) is 12.1 Å². The number of hydrogen-bond donors (Lipinski definition) is 1. The molecule has 0 aliphatic carbocycles. The smallest absolute Gasteiger partial charge is 0.180 e. The summed E-state index contributed by atoms with van der Waals surface area (Å²) in [6.07, 6.45) is 1.11. The molecule has 2 N–H and O–H groups in total. The quantitative estimate of drug-likeness (QED) is 0.748. The van der Waals surface area contributed by atoms with E-state index in [2.05, 4.69) is 0 Å². The number of nitrogen functional groups attached to an aromatic ring is 1. The van der Waals surface area contributed by atoms with Crippen molar-refractivity contribution in [2.24, 2.45) is 0 Å². The Morgan fingerprint density at radius 2 is 1.80 bits per heavy atom. The van der Waals surface area contributed by atoms with Crippen molar-refractivity contribution in [2.75, 3.05) is 30.1 Å². The van der Waals surface area contributed by atoms with Gasteiger partial charge in [0.15, 0.2) is 9.84 Å². The average Bonchev–Trinajstić information content (AvgIpc) is 2.29. The van der Waals surface area contributed by atoms with Crippen LogP contribution in [0.1, 0.15) is 13.3 Å². The zero-order chi connectivity index (χ0) is 15.4. The number of hydrogen-bond acceptors (Lipinski definition) is 6. The second-order valence-corrected chi connectivity index (χ2v) is 8.77. The van der Waals surface area contributed by atoms with Crippen molar-refractivity contribution in [3.63, 3.8) is 0 Å². The summed E-state index contributed by atoms with van der Waals surface area (Å²) in [6.45, 7) is 2.20. The molecule has 0 spiro atoms. The Bertz CT molecular complexity index is 665. The number of sulfone groups is 2. The summed E-state index contributed by atoms with van der Waals surface area (Å²) in [5, 5.41) is 0. The van der Waals surface area contributed by atoms with E-state index in [4.69, 9.17) is 10.5 Å². The molecule has 1 aromatic rings. The molecule has 1 rings (SSSR count). The van der Waals surface area contributed by atoms with E-state index in [1.807, 2.05) is 0 Å². The normalized spacial score (nSPS) is 12.3. The van der Waals surface area contributed by atoms with E-state index in [9.17, 15) is 16.8 Å². The van der Waals surface area contributed by atoms with Gasteiger partial charge in [0.05, 0.1) is 28.7 Å². The minimum Gasteiger partial charge on any atom is -0.494 e. The van der Waals surface area contributed by atoms with Crippen molar-refractivity contribution in [1.29, 1.82) is 0 Å². The first kappa shape index (κ1) is 16.8. The van der Waals surface area contributed by atoms with Crippen molar-refractivity contribution in [3.05, 3.63) is 18.2 Å². The largest absolute Gasteiger partial charge is 0.494 e. The van der Waals surface area contributed by atoms with Crippen LogP contribution in [0, 0.1) is 0 Å². The summed E-state index contributed by atoms with van der Waals surface area (Å²) in [7, 11) is -6.80. The molecule has 0 aromatic heterocycles. The second-order valence-electron chi connectivity index (χ2n) is 4.43. The van der Waals surface area contributed by atoms with Gasteiger partial charge in [-0.2, -0.15) is 0 Å². The first-order valence-corrected chi connectivity index (χ1v) is 9.80. The van der Waals surface area contributed by atoms with E-state index in [-0.39, 0.29) is 28.5 Å². The molecule has 0 unspecified atom stereocenters. The van der Waals surface area contributed by atoms with Crippen molar-refractivity contribution in [1.82, 2.24) is 0 Å². The molecule has 0 aliphatic rings. The monoisotopic (exact) mass is 321 g/mol. The van der Waals surface area contributed by atoms with Crippen LogP contribution < -0.4 is 10.5 Å². The first-order valence-electron chi connectivity index (χ1n) is 6.08. The Morgan fingerprint density at radius 1 is 1.15 bits per heavy atom. The lowest BCUT2D eigenvalue weighted by atomic mass is 10.3. The molecular formula is C12H19NO5S2. The molecule has 20 heavy (non-hydrogen) atoms. The molecule has 0 atom stereocenters. The molecule has 8 heteroatoms. The summed E-state index contributed by atoms with van der Waals surface area (Å²) < 4.78 is 51.6. The molecule has 0 bridgehead atoms. The van der Waals surface area contributed by atoms with E-state index >= 15 is 0 Å². The van der Waals surface area contributed by atoms with Crippen LogP contribution in [0.5, 0.6) is 5.75 Å². The van der Waals surface area contributed by atoms with Crippen LogP contribution in [0.4, 0.5) is 5.69 Å². The predicted octanol–water partition coefficient (Wildman–Crippen LogP) is 0.876. The third-order valence-electron chi connectivity index (χ3n) is 2.56. The van der Waals surface area contributed by atoms with Crippen molar-refractivity contribution in [2.45, 2.75) is 18.2 Å². The molecule has 6 nitrogen and oxygen atoms in total. The van der Waals surface area contributed by atoms with Gasteiger partial charge in [0.25, 0.3) is 0 Å². The average molecular weight is 321 g/mol. The van der Waals surface area contributed by atoms with Crippen LogP contribution in [0.2, 0.25) is 0 Å². The minimum absolute atomic E-state index is 0.0167. The number of anilines is 1. The van der Waals surface area contributed by atoms with Gasteiger partial charge in [-0.05, 0) is 25.5 Å². The lowest BCUT2D eigenvalue weighted by molar-refractivity contribution is 0.339. The van der Waals surface area contributed by atoms with Gasteiger partial charge < -0.3 is 10.5 Å². The highest BCUT2D eigenvalue weighted by Crippen LogP contribution is 2.25. The van der Waals surface area contributed by atoms with Gasteiger partial charge in [-0.1, -0.05) is 0 Å². The SMILES string of the molecule is CCOc1ccc(N)c(S(=O)(=O)CCCS(C)(=O)=O)c1. The highest BCUT2D eigenvalue weighted by molar-refractivity contribution is 7.92. The maximum absolute atomic E-state index is 12.2. The van der Waals surface area contributed by atoms with Gasteiger partial charge in [0.1, 0.15) is 15.6 Å². The van der Waals surface area contributed by atoms with Crippen LogP contribution in [0.25, 0.3) is 0 Å². The fraction of sp³-hybridized carbons (Fsp3) is 0.500. The van der Waals surface area contributed by atoms with Crippen LogP contribution in [0.3, 0.4) is 0 Å². The Hall–Kier alpha value is -1.28. The molecule has 0 radical (unpaired) electrons. The molecule has 0 amide bonds. The predicted molar refractivity (Wildman–Crippen MR) is 78.4 cm³/mol. The fourth-order valence-corrected chi connectivity index (χ4v) is 3.98. The maximum atomic E-state index is 12.2. The molecule has 114 valence electrons. The van der Waals surface area contributed by atoms with E-state index in [0.29, 0.717) is 12.4 Å². The number of benzene rings is 1. The first-order chi connectivity index (χ1) is 9.15. The van der Waals surface area contributed by atoms with E-state index < -0.39 is 19.7 Å². The van der Waals surface area contributed by atoms with E-state index in [1.54, 1.807) is 13.0 Å². The summed E-state index contributed by atoms with van der Waals surface area (Å²) in [5.74, 6) is -0.0136. The standard InChI is InChI=1S/C12H19NO5S2/c1-3-18-10-5-6-11(13)12(9-10)20(16,17)8-4-7-19(2,14)15/h5-6,9H,3-4,7-8,13H2,1-2H3. The van der Waals surface area contributed by atoms with E-state index in [0.717, 1.165) is 6.26 Å². The van der Waals surface area contributed by atoms with Crippen molar-refractivity contribution >= 4 is 25.4 Å². The van der Waals surface area contributed by atoms with Crippen LogP contribution >= 0.6 is 0 Å². The molecule has 1 aromatic carbocycles. The molecule has 0 fully saturated rings. The van der Waals surface area contributed by atoms with Crippen molar-refractivity contribution < 1.29 is 21.6 Å². The Balaban J connectivity index is 2.94. The maximum Gasteiger partial charge on any atom is 0.180 e. The molecular weight excluding hydrogens is 302 g/mol. The van der Waals surface area contributed by atoms with Gasteiger partial charge in [-0.3, -0.25) is 0 Å². The Kier molecular flexibility index (Phi) is 5.41. The van der Waals surface area contributed by atoms with Gasteiger partial charge >= 0.3 is 0 Å². The zero-order valence-corrected chi connectivity index (χ0v) is 13.1. The number of ether oxygens (including phenoxy) is 1. The van der Waals surface area contributed by atoms with Gasteiger partial charge in [0.2, 0.25) is 0 Å². The van der Waals surface area contributed by atoms with Gasteiger partial charge in [-0.15, -0.1) is 0 Å². The Morgan fingerprint density at radius 3 is 2.35 bits per heavy atom. The molecule has 0 aliphatic heterocycles. The summed E-state index contributed by atoms with van der Waals surface area (Å²) in [4.78, 5) is -0.0167. The molecule has 0 saturated heterocycles. The Labute approximate surface area is 119 Å². The van der Waals surface area contributed by atoms with Gasteiger partial charge in [-0.25, -0.2) is 16.8 Å². The third-order valence-corrected chi connectivity index (χ3v) is 5.44. The summed E-state index contributed by atoms with van der Waals surface area (Å²) in [5.41, 5.74) is 5.81. The number of nitrogens with two attached hydrogens (primary N) is 1. The highest BCUT2D eigenvalue weighted by Gasteiger charge is 2.19. The zero-order valence-electron chi connectivity index (χ0n) is 11.5. The van der Waals surface area contributed by atoms with Crippen LogP contribution in [-0.2, 0) is 19.7 Å². The molecule has 0 heterocycles. The summed E-state index contributed by atoms with van der Waals surface area (Å²) in [6, 6.07) is 4.43. The van der Waals surface area contributed by atoms with Crippen molar-refractivity contribution in [3.8, 4) is 5.75 Å². The highest BCUT2D eigenvalue weighted by atomic mass is 32.2. The third kappa shape index (κ3) is 5.01.